The molecule has 1 aromatic heterocycles. The van der Waals surface area contributed by atoms with Crippen molar-refractivity contribution in [3.05, 3.63) is 12.7 Å². The Labute approximate surface area is 75.6 Å². The van der Waals surface area contributed by atoms with Crippen molar-refractivity contribution in [1.29, 1.82) is 0 Å². The Bertz CT molecular complexity index is 259. The topological polar surface area (TPSA) is 80.0 Å². The SMILES string of the molecule is C[C@H](CO)NC(=O)Cn1cncn1. The summed E-state index contributed by atoms with van der Waals surface area (Å²) < 4.78 is 1.42. The molecule has 13 heavy (non-hydrogen) atoms. The van der Waals surface area contributed by atoms with Gasteiger partial charge >= 0.3 is 0 Å². The van der Waals surface area contributed by atoms with Crippen LogP contribution in [0.2, 0.25) is 0 Å². The molecule has 0 fully saturated rings. The average molecular weight is 184 g/mol. The number of aliphatic hydroxyl groups excluding tert-OH is 1. The summed E-state index contributed by atoms with van der Waals surface area (Å²) in [5.74, 6) is -0.188. The summed E-state index contributed by atoms with van der Waals surface area (Å²) in [4.78, 5) is 14.9. The first-order valence-corrected chi connectivity index (χ1v) is 3.95. The van der Waals surface area contributed by atoms with Crippen molar-refractivity contribution in [3.63, 3.8) is 0 Å². The number of carbonyl (C=O) groups excluding carboxylic acids is 1. The predicted octanol–water partition coefficient (Wildman–Crippen LogP) is -1.22. The number of aliphatic hydroxyl groups is 1. The third kappa shape index (κ3) is 3.20. The summed E-state index contributed by atoms with van der Waals surface area (Å²) in [5, 5.41) is 15.0. The Balaban J connectivity index is 2.34. The number of aromatic nitrogens is 3. The van der Waals surface area contributed by atoms with E-state index in [2.05, 4.69) is 15.4 Å². The molecule has 1 heterocycles. The smallest absolute Gasteiger partial charge is 0.242 e. The van der Waals surface area contributed by atoms with Gasteiger partial charge in [0.25, 0.3) is 0 Å². The van der Waals surface area contributed by atoms with Gasteiger partial charge in [-0.15, -0.1) is 0 Å². The van der Waals surface area contributed by atoms with Crippen molar-refractivity contribution < 1.29 is 9.90 Å². The maximum atomic E-state index is 11.2. The zero-order valence-electron chi connectivity index (χ0n) is 7.34. The van der Waals surface area contributed by atoms with Crippen LogP contribution in [0.15, 0.2) is 12.7 Å². The van der Waals surface area contributed by atoms with Gasteiger partial charge in [-0.05, 0) is 6.92 Å². The minimum atomic E-state index is -0.226. The van der Waals surface area contributed by atoms with Crippen molar-refractivity contribution in [2.75, 3.05) is 6.61 Å². The highest BCUT2D eigenvalue weighted by Gasteiger charge is 2.06. The monoisotopic (exact) mass is 184 g/mol. The molecule has 0 radical (unpaired) electrons. The first-order valence-electron chi connectivity index (χ1n) is 3.95. The largest absolute Gasteiger partial charge is 0.394 e. The van der Waals surface area contributed by atoms with E-state index in [0.717, 1.165) is 0 Å². The Morgan fingerprint density at radius 1 is 1.77 bits per heavy atom. The van der Waals surface area contributed by atoms with Crippen LogP contribution < -0.4 is 5.32 Å². The summed E-state index contributed by atoms with van der Waals surface area (Å²) in [6.45, 7) is 1.78. The molecule has 0 saturated heterocycles. The van der Waals surface area contributed by atoms with Crippen molar-refractivity contribution >= 4 is 5.91 Å². The molecule has 1 amide bonds. The zero-order valence-corrected chi connectivity index (χ0v) is 7.34. The van der Waals surface area contributed by atoms with Crippen molar-refractivity contribution in [2.24, 2.45) is 0 Å². The number of rotatable bonds is 4. The second-order valence-corrected chi connectivity index (χ2v) is 2.74. The van der Waals surface area contributed by atoms with Gasteiger partial charge in [-0.2, -0.15) is 5.10 Å². The molecule has 0 aliphatic rings. The Morgan fingerprint density at radius 3 is 3.08 bits per heavy atom. The van der Waals surface area contributed by atoms with E-state index in [1.807, 2.05) is 0 Å². The van der Waals surface area contributed by atoms with Gasteiger partial charge in [0.15, 0.2) is 0 Å². The molecule has 1 rings (SSSR count). The van der Waals surface area contributed by atoms with Gasteiger partial charge in [0.2, 0.25) is 5.91 Å². The summed E-state index contributed by atoms with van der Waals surface area (Å²) in [7, 11) is 0. The maximum Gasteiger partial charge on any atom is 0.242 e. The lowest BCUT2D eigenvalue weighted by Gasteiger charge is -2.09. The van der Waals surface area contributed by atoms with Gasteiger partial charge in [-0.3, -0.25) is 4.79 Å². The van der Waals surface area contributed by atoms with Crippen LogP contribution >= 0.6 is 0 Å². The molecule has 1 atom stereocenters. The van der Waals surface area contributed by atoms with E-state index in [1.165, 1.54) is 17.3 Å². The van der Waals surface area contributed by atoms with Crippen LogP contribution in [-0.4, -0.2) is 38.4 Å². The fraction of sp³-hybridized carbons (Fsp3) is 0.571. The van der Waals surface area contributed by atoms with Crippen molar-refractivity contribution in [1.82, 2.24) is 20.1 Å². The molecule has 0 saturated carbocycles. The zero-order chi connectivity index (χ0) is 9.68. The lowest BCUT2D eigenvalue weighted by atomic mass is 10.3. The highest BCUT2D eigenvalue weighted by Crippen LogP contribution is 1.83. The standard InChI is InChI=1S/C7H12N4O2/c1-6(3-12)10-7(13)2-11-5-8-4-9-11/h4-6,12H,2-3H2,1H3,(H,10,13)/t6-/m1/s1. The quantitative estimate of drug-likeness (QED) is 0.614. The normalized spacial score (nSPS) is 12.5. The number of hydrogen-bond donors (Lipinski definition) is 2. The molecule has 6 nitrogen and oxygen atoms in total. The van der Waals surface area contributed by atoms with Gasteiger partial charge in [0, 0.05) is 6.04 Å². The van der Waals surface area contributed by atoms with E-state index in [1.54, 1.807) is 6.92 Å². The fourth-order valence-electron chi connectivity index (χ4n) is 0.828. The molecule has 2 N–H and O–H groups in total. The Hall–Kier alpha value is -1.43. The summed E-state index contributed by atoms with van der Waals surface area (Å²) in [5.41, 5.74) is 0. The van der Waals surface area contributed by atoms with Gasteiger partial charge in [0.1, 0.15) is 19.2 Å². The number of carbonyl (C=O) groups is 1. The molecule has 0 spiro atoms. The molecule has 0 aliphatic carbocycles. The fourth-order valence-corrected chi connectivity index (χ4v) is 0.828. The highest BCUT2D eigenvalue weighted by molar-refractivity contribution is 5.75. The van der Waals surface area contributed by atoms with Gasteiger partial charge < -0.3 is 10.4 Å². The van der Waals surface area contributed by atoms with Gasteiger partial charge in [-0.25, -0.2) is 9.67 Å². The van der Waals surface area contributed by atoms with Crippen molar-refractivity contribution in [2.45, 2.75) is 19.5 Å². The molecular weight excluding hydrogens is 172 g/mol. The van der Waals surface area contributed by atoms with E-state index in [4.69, 9.17) is 5.11 Å². The second kappa shape index (κ2) is 4.56. The molecule has 0 aliphatic heterocycles. The van der Waals surface area contributed by atoms with E-state index in [0.29, 0.717) is 0 Å². The number of nitrogens with zero attached hydrogens (tertiary/aromatic N) is 3. The molecule has 0 aromatic carbocycles. The number of nitrogens with one attached hydrogen (secondary N) is 1. The summed E-state index contributed by atoms with van der Waals surface area (Å²) >= 11 is 0. The summed E-state index contributed by atoms with van der Waals surface area (Å²) in [6, 6.07) is -0.226. The van der Waals surface area contributed by atoms with Crippen LogP contribution in [0.3, 0.4) is 0 Å². The van der Waals surface area contributed by atoms with Crippen LogP contribution in [0.5, 0.6) is 0 Å². The minimum absolute atomic E-state index is 0.0664. The summed E-state index contributed by atoms with van der Waals surface area (Å²) in [6.07, 6.45) is 2.83. The van der Waals surface area contributed by atoms with E-state index < -0.39 is 0 Å². The minimum Gasteiger partial charge on any atom is -0.394 e. The Morgan fingerprint density at radius 2 is 2.54 bits per heavy atom. The van der Waals surface area contributed by atoms with Crippen LogP contribution in [-0.2, 0) is 11.3 Å². The first kappa shape index (κ1) is 9.66. The molecule has 6 heteroatoms. The molecular formula is C7H12N4O2. The van der Waals surface area contributed by atoms with E-state index in [9.17, 15) is 4.79 Å². The van der Waals surface area contributed by atoms with Gasteiger partial charge in [0.05, 0.1) is 6.61 Å². The van der Waals surface area contributed by atoms with Crippen LogP contribution in [0.25, 0.3) is 0 Å². The lowest BCUT2D eigenvalue weighted by Crippen LogP contribution is -2.37. The molecule has 1 aromatic rings. The van der Waals surface area contributed by atoms with E-state index in [-0.39, 0.29) is 25.1 Å². The average Bonchev–Trinajstić information content (AvgIpc) is 2.56. The number of amides is 1. The molecule has 0 bridgehead atoms. The van der Waals surface area contributed by atoms with E-state index >= 15 is 0 Å². The van der Waals surface area contributed by atoms with Gasteiger partial charge in [-0.1, -0.05) is 0 Å². The van der Waals surface area contributed by atoms with Crippen molar-refractivity contribution in [3.8, 4) is 0 Å². The van der Waals surface area contributed by atoms with Crippen LogP contribution in [0.4, 0.5) is 0 Å². The highest BCUT2D eigenvalue weighted by atomic mass is 16.3. The maximum absolute atomic E-state index is 11.2. The third-order valence-corrected chi connectivity index (χ3v) is 1.45. The second-order valence-electron chi connectivity index (χ2n) is 2.74. The van der Waals surface area contributed by atoms with Crippen LogP contribution in [0.1, 0.15) is 6.92 Å². The third-order valence-electron chi connectivity index (χ3n) is 1.45. The Kier molecular flexibility index (Phi) is 3.39. The first-order chi connectivity index (χ1) is 6.22. The predicted molar refractivity (Wildman–Crippen MR) is 44.7 cm³/mol. The molecule has 0 unspecified atom stereocenters. The molecule has 72 valence electrons. The number of hydrogen-bond acceptors (Lipinski definition) is 4. The lowest BCUT2D eigenvalue weighted by molar-refractivity contribution is -0.122. The van der Waals surface area contributed by atoms with Crippen LogP contribution in [0, 0.1) is 0 Å².